The number of fused-ring (bicyclic) bond motifs is 1. The van der Waals surface area contributed by atoms with Crippen molar-refractivity contribution >= 4 is 20.8 Å². The maximum Gasteiger partial charge on any atom is 0.238 e. The first-order chi connectivity index (χ1) is 9.90. The summed E-state index contributed by atoms with van der Waals surface area (Å²) in [5.74, 6) is -0.0791. The Labute approximate surface area is 125 Å². The van der Waals surface area contributed by atoms with Gasteiger partial charge in [0.15, 0.2) is 0 Å². The van der Waals surface area contributed by atoms with E-state index in [4.69, 9.17) is 5.14 Å². The first-order valence-corrected chi connectivity index (χ1v) is 8.60. The molecule has 114 valence electrons. The lowest BCUT2D eigenvalue weighted by Gasteiger charge is -2.24. The molecule has 0 heterocycles. The fraction of sp³-hybridized carbons (Fsp3) is 0.375. The smallest absolute Gasteiger partial charge is 0.238 e. The zero-order chi connectivity index (χ0) is 15.6. The van der Waals surface area contributed by atoms with E-state index in [1.54, 1.807) is 18.2 Å². The molecule has 4 nitrogen and oxygen atoms in total. The van der Waals surface area contributed by atoms with Gasteiger partial charge in [-0.2, -0.15) is 0 Å². The van der Waals surface area contributed by atoms with Gasteiger partial charge in [0.05, 0.1) is 11.5 Å². The van der Waals surface area contributed by atoms with E-state index in [9.17, 15) is 13.5 Å². The molecule has 0 aliphatic rings. The van der Waals surface area contributed by atoms with E-state index in [0.717, 1.165) is 11.8 Å². The molecule has 0 spiro atoms. The number of benzene rings is 2. The Bertz CT molecular complexity index is 740. The quantitative estimate of drug-likeness (QED) is 0.891. The zero-order valence-corrected chi connectivity index (χ0v) is 13.1. The van der Waals surface area contributed by atoms with Gasteiger partial charge in [0, 0.05) is 11.3 Å². The molecule has 0 radical (unpaired) electrons. The van der Waals surface area contributed by atoms with Crippen molar-refractivity contribution < 1.29 is 13.5 Å². The van der Waals surface area contributed by atoms with Gasteiger partial charge >= 0.3 is 0 Å². The van der Waals surface area contributed by atoms with Crippen LogP contribution in [0.3, 0.4) is 0 Å². The molecule has 0 saturated carbocycles. The molecular formula is C16H21NO3S. The van der Waals surface area contributed by atoms with Crippen molar-refractivity contribution in [2.75, 3.05) is 6.61 Å². The summed E-state index contributed by atoms with van der Waals surface area (Å²) in [6.07, 6.45) is 0.849. The molecule has 5 heteroatoms. The van der Waals surface area contributed by atoms with Crippen molar-refractivity contribution in [3.8, 4) is 0 Å². The first-order valence-electron chi connectivity index (χ1n) is 7.05. The SMILES string of the molecule is CC[C@H](C)[C@H](CO)c1ccc2ccccc2c1S(N)(=O)=O. The molecule has 0 amide bonds. The predicted molar refractivity (Wildman–Crippen MR) is 84.6 cm³/mol. The average molecular weight is 307 g/mol. The topological polar surface area (TPSA) is 80.4 Å². The van der Waals surface area contributed by atoms with E-state index in [1.165, 1.54) is 0 Å². The number of primary sulfonamides is 1. The summed E-state index contributed by atoms with van der Waals surface area (Å²) in [5.41, 5.74) is 0.605. The van der Waals surface area contributed by atoms with E-state index in [2.05, 4.69) is 0 Å². The van der Waals surface area contributed by atoms with Crippen LogP contribution in [0.1, 0.15) is 31.7 Å². The van der Waals surface area contributed by atoms with Gasteiger partial charge in [0.25, 0.3) is 0 Å². The molecule has 0 bridgehead atoms. The van der Waals surface area contributed by atoms with Crippen molar-refractivity contribution in [3.63, 3.8) is 0 Å². The van der Waals surface area contributed by atoms with Crippen molar-refractivity contribution in [1.29, 1.82) is 0 Å². The maximum absolute atomic E-state index is 12.1. The van der Waals surface area contributed by atoms with Gasteiger partial charge in [-0.3, -0.25) is 0 Å². The number of aliphatic hydroxyl groups excluding tert-OH is 1. The van der Waals surface area contributed by atoms with Gasteiger partial charge in [-0.25, -0.2) is 13.6 Å². The van der Waals surface area contributed by atoms with Crippen LogP contribution in [0.15, 0.2) is 41.3 Å². The number of rotatable bonds is 5. The second kappa shape index (κ2) is 6.13. The lowest BCUT2D eigenvalue weighted by molar-refractivity contribution is 0.227. The fourth-order valence-electron chi connectivity index (χ4n) is 2.74. The summed E-state index contributed by atoms with van der Waals surface area (Å²) in [7, 11) is -3.87. The van der Waals surface area contributed by atoms with Crippen LogP contribution in [0.5, 0.6) is 0 Å². The van der Waals surface area contributed by atoms with Crippen molar-refractivity contribution in [1.82, 2.24) is 0 Å². The van der Waals surface area contributed by atoms with Crippen LogP contribution in [0.2, 0.25) is 0 Å². The summed E-state index contributed by atoms with van der Waals surface area (Å²) in [6, 6.07) is 10.9. The van der Waals surface area contributed by atoms with Crippen molar-refractivity contribution in [2.24, 2.45) is 11.1 Å². The minimum atomic E-state index is -3.87. The van der Waals surface area contributed by atoms with Crippen molar-refractivity contribution in [2.45, 2.75) is 31.1 Å². The molecular weight excluding hydrogens is 286 g/mol. The van der Waals surface area contributed by atoms with E-state index >= 15 is 0 Å². The number of aliphatic hydroxyl groups is 1. The summed E-state index contributed by atoms with van der Waals surface area (Å²) in [5, 5.41) is 16.6. The van der Waals surface area contributed by atoms with Crippen LogP contribution in [-0.2, 0) is 10.0 Å². The molecule has 21 heavy (non-hydrogen) atoms. The monoisotopic (exact) mass is 307 g/mol. The molecule has 0 saturated heterocycles. The summed E-state index contributed by atoms with van der Waals surface area (Å²) >= 11 is 0. The van der Waals surface area contributed by atoms with E-state index in [0.29, 0.717) is 10.9 Å². The van der Waals surface area contributed by atoms with Crippen LogP contribution >= 0.6 is 0 Å². The Balaban J connectivity index is 2.80. The van der Waals surface area contributed by atoms with Crippen LogP contribution in [0.4, 0.5) is 0 Å². The van der Waals surface area contributed by atoms with Gasteiger partial charge < -0.3 is 5.11 Å². The third kappa shape index (κ3) is 3.10. The van der Waals surface area contributed by atoms with Gasteiger partial charge in [-0.05, 0) is 16.9 Å². The van der Waals surface area contributed by atoms with Crippen molar-refractivity contribution in [3.05, 3.63) is 42.0 Å². The normalized spacial score (nSPS) is 15.0. The molecule has 2 aromatic carbocycles. The minimum Gasteiger partial charge on any atom is -0.396 e. The Morgan fingerprint density at radius 2 is 1.86 bits per heavy atom. The van der Waals surface area contributed by atoms with E-state index in [-0.39, 0.29) is 23.3 Å². The zero-order valence-electron chi connectivity index (χ0n) is 12.3. The maximum atomic E-state index is 12.1. The fourth-order valence-corrected chi connectivity index (χ4v) is 3.78. The van der Waals surface area contributed by atoms with Gasteiger partial charge in [-0.15, -0.1) is 0 Å². The third-order valence-corrected chi connectivity index (χ3v) is 5.15. The molecule has 0 unspecified atom stereocenters. The Morgan fingerprint density at radius 1 is 1.19 bits per heavy atom. The second-order valence-corrected chi connectivity index (χ2v) is 6.92. The molecule has 0 aliphatic carbocycles. The molecule has 0 fully saturated rings. The van der Waals surface area contributed by atoms with Gasteiger partial charge in [-0.1, -0.05) is 56.7 Å². The highest BCUT2D eigenvalue weighted by atomic mass is 32.2. The number of hydrogen-bond acceptors (Lipinski definition) is 3. The predicted octanol–water partition coefficient (Wildman–Crippen LogP) is 2.61. The number of sulfonamides is 1. The summed E-state index contributed by atoms with van der Waals surface area (Å²) in [6.45, 7) is 3.92. The highest BCUT2D eigenvalue weighted by Gasteiger charge is 2.26. The summed E-state index contributed by atoms with van der Waals surface area (Å²) < 4.78 is 24.2. The van der Waals surface area contributed by atoms with E-state index in [1.807, 2.05) is 32.0 Å². The van der Waals surface area contributed by atoms with Crippen LogP contribution in [0, 0.1) is 5.92 Å². The van der Waals surface area contributed by atoms with Crippen LogP contribution < -0.4 is 5.14 Å². The first kappa shape index (κ1) is 15.9. The number of nitrogens with two attached hydrogens (primary N) is 1. The molecule has 2 rings (SSSR count). The average Bonchev–Trinajstić information content (AvgIpc) is 2.46. The Morgan fingerprint density at radius 3 is 2.43 bits per heavy atom. The second-order valence-electron chi connectivity index (χ2n) is 5.42. The van der Waals surface area contributed by atoms with Crippen LogP contribution in [0.25, 0.3) is 10.8 Å². The summed E-state index contributed by atoms with van der Waals surface area (Å²) in [4.78, 5) is 0.139. The standard InChI is InChI=1S/C16H21NO3S/c1-3-11(2)15(10-18)14-9-8-12-6-4-5-7-13(12)16(14)21(17,19)20/h4-9,11,15,18H,3,10H2,1-2H3,(H2,17,19,20)/t11-,15-/m0/s1. The lowest BCUT2D eigenvalue weighted by atomic mass is 9.85. The minimum absolute atomic E-state index is 0.101. The molecule has 2 aromatic rings. The lowest BCUT2D eigenvalue weighted by Crippen LogP contribution is -2.21. The van der Waals surface area contributed by atoms with Gasteiger partial charge in [0.2, 0.25) is 10.0 Å². The molecule has 0 aromatic heterocycles. The van der Waals surface area contributed by atoms with E-state index < -0.39 is 10.0 Å². The largest absolute Gasteiger partial charge is 0.396 e. The highest BCUT2D eigenvalue weighted by Crippen LogP contribution is 2.35. The number of hydrogen-bond donors (Lipinski definition) is 2. The highest BCUT2D eigenvalue weighted by molar-refractivity contribution is 7.89. The third-order valence-electron chi connectivity index (χ3n) is 4.12. The molecule has 2 atom stereocenters. The molecule has 0 aliphatic heterocycles. The Kier molecular flexibility index (Phi) is 4.66. The molecule has 3 N–H and O–H groups in total. The van der Waals surface area contributed by atoms with Crippen LogP contribution in [-0.4, -0.2) is 20.1 Å². The van der Waals surface area contributed by atoms with Gasteiger partial charge in [0.1, 0.15) is 0 Å². The Hall–Kier alpha value is -1.43.